The van der Waals surface area contributed by atoms with Gasteiger partial charge in [-0.1, -0.05) is 0 Å². The van der Waals surface area contributed by atoms with Gasteiger partial charge in [0.2, 0.25) is 0 Å². The minimum absolute atomic E-state index is 0.129. The fourth-order valence-electron chi connectivity index (χ4n) is 2.64. The third kappa shape index (κ3) is 8.94. The molecule has 0 unspecified atom stereocenters. The molecular weight excluding hydrogens is 416 g/mol. The van der Waals surface area contributed by atoms with E-state index in [1.54, 1.807) is 0 Å². The fourth-order valence-corrected chi connectivity index (χ4v) is 3.10. The van der Waals surface area contributed by atoms with Crippen molar-refractivity contribution in [2.75, 3.05) is 6.61 Å². The van der Waals surface area contributed by atoms with Crippen LogP contribution in [0, 0.1) is 33.3 Å². The van der Waals surface area contributed by atoms with Gasteiger partial charge in [0.05, 0.1) is 0 Å². The molecule has 3 saturated heterocycles. The first kappa shape index (κ1) is 31.6. The summed E-state index contributed by atoms with van der Waals surface area (Å²) in [4.78, 5) is 0. The van der Waals surface area contributed by atoms with Crippen molar-refractivity contribution in [1.82, 2.24) is 0 Å². The Morgan fingerprint density at radius 2 is 1.21 bits per heavy atom. The maximum atomic E-state index is 7.50. The second-order valence-corrected chi connectivity index (χ2v) is 6.42. The molecule has 0 saturated carbocycles. The molecule has 3 heterocycles. The first-order valence-electron chi connectivity index (χ1n) is 7.17. The topological polar surface area (TPSA) is 146 Å². The molecule has 0 aromatic carbocycles. The van der Waals surface area contributed by atoms with E-state index in [4.69, 9.17) is 46.9 Å². The van der Waals surface area contributed by atoms with Crippen LogP contribution >= 0.6 is 0 Å². The van der Waals surface area contributed by atoms with Gasteiger partial charge in [0.1, 0.15) is 0 Å². The van der Waals surface area contributed by atoms with Crippen molar-refractivity contribution in [3.63, 3.8) is 0 Å². The van der Waals surface area contributed by atoms with Crippen molar-refractivity contribution in [2.45, 2.75) is 63.7 Å². The summed E-state index contributed by atoms with van der Waals surface area (Å²) in [5.41, 5.74) is 0. The normalized spacial score (nSPS) is 29.6. The summed E-state index contributed by atoms with van der Waals surface area (Å²) >= 11 is 2.92. The molecule has 0 N–H and O–H groups in total. The third-order valence-corrected chi connectivity index (χ3v) is 3.85. The quantitative estimate of drug-likeness (QED) is 0.437. The molecule has 3 rings (SSSR count). The van der Waals surface area contributed by atoms with Crippen molar-refractivity contribution in [2.24, 2.45) is 0 Å². The molecule has 4 atom stereocenters. The van der Waals surface area contributed by atoms with Gasteiger partial charge in [-0.3, -0.25) is 0 Å². The van der Waals surface area contributed by atoms with Crippen molar-refractivity contribution in [3.8, 4) is 0 Å². The zero-order valence-corrected chi connectivity index (χ0v) is 16.8. The standard InChI is InChI=1S/C12H18O5.5CO.Cr/c1-11(2)14-6-8(15-11)9-10-7(5-13-9)16-12(3,4)17-10;5*1-2;/h7-10H,6H2,1-4H3;;;;;;/t7-,8+,9-,10-;;;;;;/m1....../s1. The molecule has 0 aliphatic carbocycles. The second-order valence-electron chi connectivity index (χ2n) is 5.79. The molecule has 0 bridgehead atoms. The number of fused-ring (bicyclic) bond motifs is 1. The van der Waals surface area contributed by atoms with Crippen LogP contribution in [0.2, 0.25) is 0 Å². The molecule has 3 fully saturated rings. The average molecular weight is 434 g/mol. The molecule has 28 heavy (non-hydrogen) atoms. The molecular formula is C17H18CrO10. The van der Waals surface area contributed by atoms with Crippen LogP contribution in [0.15, 0.2) is 0 Å². The van der Waals surface area contributed by atoms with Gasteiger partial charge < -0.3 is 0 Å². The van der Waals surface area contributed by atoms with E-state index in [1.165, 1.54) is 0 Å². The Kier molecular flexibility index (Phi) is 17.8. The fraction of sp³-hybridized carbons (Fsp3) is 0.647. The summed E-state index contributed by atoms with van der Waals surface area (Å²) in [5.74, 6) is -1.14. The predicted molar refractivity (Wildman–Crippen MR) is 78.3 cm³/mol. The van der Waals surface area contributed by atoms with E-state index in [1.807, 2.05) is 27.7 Å². The second kappa shape index (κ2) is 15.8. The summed E-state index contributed by atoms with van der Waals surface area (Å²) in [6.45, 7) is 30.6. The van der Waals surface area contributed by atoms with Crippen molar-refractivity contribution in [1.29, 1.82) is 0 Å². The Morgan fingerprint density at radius 1 is 0.750 bits per heavy atom. The van der Waals surface area contributed by atoms with E-state index in [-0.39, 0.29) is 24.4 Å². The summed E-state index contributed by atoms with van der Waals surface area (Å²) in [7, 11) is 0. The van der Waals surface area contributed by atoms with E-state index < -0.39 is 11.6 Å². The third-order valence-electron chi connectivity index (χ3n) is 3.33. The SMILES string of the molecule is CC1(C)OC[C@@H]([C@H]2O[C](=[Cr])[C@H]3OC(C)(C)O[C@@H]23)O1.[C-]#[O+].[C-]#[O+].[C-]#[O+].[C-]#[O+].[C-]#[O+]. The number of rotatable bonds is 1. The van der Waals surface area contributed by atoms with Crippen LogP contribution in [0.5, 0.6) is 0 Å². The van der Waals surface area contributed by atoms with E-state index in [0.29, 0.717) is 6.61 Å². The molecule has 0 aromatic rings. The summed E-state index contributed by atoms with van der Waals surface area (Å²) in [5, 5.41) is 0. The Hall–Kier alpha value is -1.10. The van der Waals surface area contributed by atoms with Gasteiger partial charge in [-0.2, -0.15) is 0 Å². The molecule has 0 amide bonds. The first-order valence-corrected chi connectivity index (χ1v) is 7.81. The van der Waals surface area contributed by atoms with Crippen molar-refractivity contribution in [3.05, 3.63) is 33.3 Å². The minimum atomic E-state index is -0.582. The number of hydrogen-bond acceptors (Lipinski definition) is 5. The van der Waals surface area contributed by atoms with Crippen molar-refractivity contribution < 1.29 is 62.8 Å². The van der Waals surface area contributed by atoms with Crippen LogP contribution in [0.25, 0.3) is 0 Å². The van der Waals surface area contributed by atoms with Crippen molar-refractivity contribution >= 4 is 4.57 Å². The van der Waals surface area contributed by atoms with E-state index >= 15 is 0 Å². The van der Waals surface area contributed by atoms with Crippen LogP contribution in [-0.4, -0.2) is 47.2 Å². The van der Waals surface area contributed by atoms with Gasteiger partial charge in [0, 0.05) is 0 Å². The maximum absolute atomic E-state index is 7.50. The average Bonchev–Trinajstić information content (AvgIpc) is 3.34. The molecule has 3 aliphatic rings. The molecule has 10 nitrogen and oxygen atoms in total. The zero-order chi connectivity index (χ0) is 23.1. The predicted octanol–water partition coefficient (Wildman–Crippen LogP) is 0.546. The summed E-state index contributed by atoms with van der Waals surface area (Å²) in [6.07, 6.45) is -0.610. The molecule has 0 aromatic heterocycles. The number of hydrogen-bond donors (Lipinski definition) is 0. The molecule has 0 radical (unpaired) electrons. The van der Waals surface area contributed by atoms with Gasteiger partial charge in [0.15, 0.2) is 0 Å². The Bertz CT molecular complexity index is 540. The van der Waals surface area contributed by atoms with E-state index in [9.17, 15) is 0 Å². The Labute approximate surface area is 171 Å². The van der Waals surface area contributed by atoms with Gasteiger partial charge in [-0.25, -0.2) is 0 Å². The molecule has 3 aliphatic heterocycles. The van der Waals surface area contributed by atoms with Gasteiger partial charge >= 0.3 is 171 Å². The monoisotopic (exact) mass is 434 g/mol. The zero-order valence-electron chi connectivity index (χ0n) is 15.5. The van der Waals surface area contributed by atoms with E-state index in [0.717, 1.165) is 4.57 Å². The van der Waals surface area contributed by atoms with Crippen LogP contribution in [0.1, 0.15) is 27.7 Å². The van der Waals surface area contributed by atoms with Crippen LogP contribution in [-0.2, 0) is 62.8 Å². The van der Waals surface area contributed by atoms with Gasteiger partial charge in [0.25, 0.3) is 0 Å². The van der Waals surface area contributed by atoms with Gasteiger partial charge in [-0.05, 0) is 0 Å². The van der Waals surface area contributed by atoms with Gasteiger partial charge in [-0.15, -0.1) is 0 Å². The number of ether oxygens (including phenoxy) is 5. The molecule has 11 heteroatoms. The van der Waals surface area contributed by atoms with E-state index in [2.05, 4.69) is 49.1 Å². The summed E-state index contributed by atoms with van der Waals surface area (Å²) < 4.78 is 67.2. The van der Waals surface area contributed by atoms with Crippen LogP contribution in [0.3, 0.4) is 0 Å². The molecule has 152 valence electrons. The van der Waals surface area contributed by atoms with Crippen LogP contribution in [0.4, 0.5) is 0 Å². The van der Waals surface area contributed by atoms with Crippen LogP contribution < -0.4 is 0 Å². The molecule has 0 spiro atoms. The first-order chi connectivity index (χ1) is 13.3. The Morgan fingerprint density at radius 3 is 1.61 bits per heavy atom. The Balaban J connectivity index is -0.000000548. The summed E-state index contributed by atoms with van der Waals surface area (Å²) in [6, 6.07) is 0.